The van der Waals surface area contributed by atoms with Crippen LogP contribution in [0, 0.1) is 17.5 Å². The van der Waals surface area contributed by atoms with Gasteiger partial charge in [-0.2, -0.15) is 0 Å². The predicted molar refractivity (Wildman–Crippen MR) is 89.6 cm³/mol. The zero-order chi connectivity index (χ0) is 17.6. The van der Waals surface area contributed by atoms with E-state index in [2.05, 4.69) is 10.2 Å². The van der Waals surface area contributed by atoms with Crippen molar-refractivity contribution < 1.29 is 17.9 Å². The van der Waals surface area contributed by atoms with E-state index in [0.717, 1.165) is 24.7 Å². The Morgan fingerprint density at radius 3 is 2.48 bits per heavy atom. The second-order valence-electron chi connectivity index (χ2n) is 6.09. The first kappa shape index (κ1) is 17.9. The fraction of sp³-hybridized carbons (Fsp3) is 0.368. The number of halogens is 3. The van der Waals surface area contributed by atoms with Gasteiger partial charge in [0.25, 0.3) is 0 Å². The van der Waals surface area contributed by atoms with E-state index in [1.807, 2.05) is 6.07 Å². The van der Waals surface area contributed by atoms with Crippen molar-refractivity contribution in [1.29, 1.82) is 0 Å². The number of benzene rings is 2. The summed E-state index contributed by atoms with van der Waals surface area (Å²) in [6.07, 6.45) is 0. The molecular weight excluding hydrogens is 329 g/mol. The Morgan fingerprint density at radius 1 is 1.00 bits per heavy atom. The number of rotatable bonds is 6. The van der Waals surface area contributed by atoms with Crippen molar-refractivity contribution in [1.82, 2.24) is 10.2 Å². The Morgan fingerprint density at radius 2 is 1.76 bits per heavy atom. The molecular formula is C19H21F3N2O. The number of nitrogens with zero attached hydrogens (tertiary/aromatic N) is 1. The third-order valence-corrected chi connectivity index (χ3v) is 4.39. The Hall–Kier alpha value is -1.89. The summed E-state index contributed by atoms with van der Waals surface area (Å²) in [4.78, 5) is 2.23. The highest BCUT2D eigenvalue weighted by atomic mass is 19.1. The molecule has 0 amide bonds. The first-order chi connectivity index (χ1) is 12.1. The lowest BCUT2D eigenvalue weighted by atomic mass is 10.0. The van der Waals surface area contributed by atoms with Gasteiger partial charge in [-0.15, -0.1) is 0 Å². The minimum absolute atomic E-state index is 0.0388. The van der Waals surface area contributed by atoms with Crippen LogP contribution < -0.4 is 5.32 Å². The molecule has 134 valence electrons. The van der Waals surface area contributed by atoms with Crippen LogP contribution in [0.15, 0.2) is 42.5 Å². The summed E-state index contributed by atoms with van der Waals surface area (Å²) in [5, 5.41) is 3.21. The predicted octanol–water partition coefficient (Wildman–Crippen LogP) is 3.27. The molecule has 0 aromatic heterocycles. The lowest BCUT2D eigenvalue weighted by Gasteiger charge is -2.35. The molecule has 3 nitrogen and oxygen atoms in total. The third-order valence-electron chi connectivity index (χ3n) is 4.39. The van der Waals surface area contributed by atoms with Gasteiger partial charge in [0.15, 0.2) is 0 Å². The topological polar surface area (TPSA) is 24.5 Å². The summed E-state index contributed by atoms with van der Waals surface area (Å²) in [5.41, 5.74) is 1.27. The number of ether oxygens (including phenoxy) is 1. The summed E-state index contributed by atoms with van der Waals surface area (Å²) in [6, 6.07) is 10.0. The minimum atomic E-state index is -0.591. The zero-order valence-corrected chi connectivity index (χ0v) is 13.9. The van der Waals surface area contributed by atoms with Crippen LogP contribution in [0.4, 0.5) is 13.2 Å². The maximum atomic E-state index is 13.7. The molecule has 0 saturated carbocycles. The van der Waals surface area contributed by atoms with Gasteiger partial charge in [0.05, 0.1) is 13.2 Å². The average molecular weight is 350 g/mol. The summed E-state index contributed by atoms with van der Waals surface area (Å²) < 4.78 is 45.7. The summed E-state index contributed by atoms with van der Waals surface area (Å²) in [5.74, 6) is -1.44. The van der Waals surface area contributed by atoms with E-state index in [1.54, 1.807) is 6.07 Å². The highest BCUT2D eigenvalue weighted by molar-refractivity contribution is 5.22. The van der Waals surface area contributed by atoms with E-state index in [0.29, 0.717) is 25.3 Å². The fourth-order valence-electron chi connectivity index (χ4n) is 3.07. The Bertz CT molecular complexity index is 705. The van der Waals surface area contributed by atoms with Gasteiger partial charge in [0.1, 0.15) is 17.5 Å². The van der Waals surface area contributed by atoms with Crippen molar-refractivity contribution in [3.05, 3.63) is 71.0 Å². The van der Waals surface area contributed by atoms with Gasteiger partial charge >= 0.3 is 0 Å². The van der Waals surface area contributed by atoms with E-state index >= 15 is 0 Å². The van der Waals surface area contributed by atoms with Crippen LogP contribution in [-0.2, 0) is 11.3 Å². The summed E-state index contributed by atoms with van der Waals surface area (Å²) in [7, 11) is 0. The Balaban J connectivity index is 1.69. The molecule has 1 atom stereocenters. The van der Waals surface area contributed by atoms with Crippen molar-refractivity contribution >= 4 is 0 Å². The second kappa shape index (κ2) is 8.47. The molecule has 0 spiro atoms. The molecule has 1 aliphatic heterocycles. The molecule has 1 unspecified atom stereocenters. The first-order valence-corrected chi connectivity index (χ1v) is 8.35. The lowest BCUT2D eigenvalue weighted by molar-refractivity contribution is 0.0160. The molecule has 0 radical (unpaired) electrons. The highest BCUT2D eigenvalue weighted by Crippen LogP contribution is 2.22. The van der Waals surface area contributed by atoms with Gasteiger partial charge in [-0.05, 0) is 23.8 Å². The van der Waals surface area contributed by atoms with E-state index in [-0.39, 0.29) is 18.4 Å². The average Bonchev–Trinajstić information content (AvgIpc) is 2.61. The molecule has 0 aliphatic carbocycles. The van der Waals surface area contributed by atoms with Crippen LogP contribution in [0.25, 0.3) is 0 Å². The molecule has 1 N–H and O–H groups in total. The molecule has 6 heteroatoms. The van der Waals surface area contributed by atoms with Crippen molar-refractivity contribution in [2.45, 2.75) is 12.6 Å². The van der Waals surface area contributed by atoms with E-state index < -0.39 is 11.6 Å². The zero-order valence-electron chi connectivity index (χ0n) is 13.9. The summed E-state index contributed by atoms with van der Waals surface area (Å²) in [6.45, 7) is 3.60. The van der Waals surface area contributed by atoms with Crippen LogP contribution in [0.2, 0.25) is 0 Å². The monoisotopic (exact) mass is 350 g/mol. The van der Waals surface area contributed by atoms with Crippen molar-refractivity contribution in [2.24, 2.45) is 0 Å². The molecule has 1 heterocycles. The minimum Gasteiger partial charge on any atom is -0.379 e. The van der Waals surface area contributed by atoms with E-state index in [9.17, 15) is 13.2 Å². The molecule has 3 rings (SSSR count). The third kappa shape index (κ3) is 4.81. The van der Waals surface area contributed by atoms with E-state index in [4.69, 9.17) is 4.74 Å². The molecule has 1 saturated heterocycles. The molecule has 2 aromatic rings. The van der Waals surface area contributed by atoms with Crippen molar-refractivity contribution in [3.63, 3.8) is 0 Å². The van der Waals surface area contributed by atoms with Gasteiger partial charge in [0.2, 0.25) is 0 Å². The summed E-state index contributed by atoms with van der Waals surface area (Å²) >= 11 is 0. The van der Waals surface area contributed by atoms with Crippen LogP contribution >= 0.6 is 0 Å². The maximum Gasteiger partial charge on any atom is 0.130 e. The number of hydrogen-bond donors (Lipinski definition) is 1. The number of morpholine rings is 1. The van der Waals surface area contributed by atoms with Gasteiger partial charge in [-0.3, -0.25) is 4.90 Å². The lowest BCUT2D eigenvalue weighted by Crippen LogP contribution is -2.42. The van der Waals surface area contributed by atoms with Gasteiger partial charge in [0, 0.05) is 43.9 Å². The van der Waals surface area contributed by atoms with Crippen LogP contribution in [0.3, 0.4) is 0 Å². The maximum absolute atomic E-state index is 13.7. The smallest absolute Gasteiger partial charge is 0.130 e. The Kier molecular flexibility index (Phi) is 6.07. The van der Waals surface area contributed by atoms with Crippen molar-refractivity contribution in [3.8, 4) is 0 Å². The van der Waals surface area contributed by atoms with Crippen LogP contribution in [0.1, 0.15) is 17.2 Å². The first-order valence-electron chi connectivity index (χ1n) is 8.35. The fourth-order valence-corrected chi connectivity index (χ4v) is 3.07. The quantitative estimate of drug-likeness (QED) is 0.865. The van der Waals surface area contributed by atoms with Crippen molar-refractivity contribution in [2.75, 3.05) is 32.8 Å². The molecule has 1 fully saturated rings. The number of nitrogens with one attached hydrogen (secondary N) is 1. The molecule has 2 aromatic carbocycles. The standard InChI is InChI=1S/C19H21F3N2O/c20-16-3-1-2-14(10-16)19(24-6-8-25-9-7-24)13-23-12-15-4-5-17(21)11-18(15)22/h1-5,10-11,19,23H,6-9,12-13H2. The largest absolute Gasteiger partial charge is 0.379 e. The SMILES string of the molecule is Fc1cccc(C(CNCc2ccc(F)cc2F)N2CCOCC2)c1. The van der Waals surface area contributed by atoms with Crippen LogP contribution in [-0.4, -0.2) is 37.7 Å². The van der Waals surface area contributed by atoms with Gasteiger partial charge in [-0.1, -0.05) is 18.2 Å². The van der Waals surface area contributed by atoms with Crippen LogP contribution in [0.5, 0.6) is 0 Å². The molecule has 25 heavy (non-hydrogen) atoms. The highest BCUT2D eigenvalue weighted by Gasteiger charge is 2.22. The Labute approximate surface area is 145 Å². The van der Waals surface area contributed by atoms with Gasteiger partial charge < -0.3 is 10.1 Å². The molecule has 0 bridgehead atoms. The van der Waals surface area contributed by atoms with Gasteiger partial charge in [-0.25, -0.2) is 13.2 Å². The second-order valence-corrected chi connectivity index (χ2v) is 6.09. The number of hydrogen-bond acceptors (Lipinski definition) is 3. The van der Waals surface area contributed by atoms with E-state index in [1.165, 1.54) is 24.3 Å². The normalized spacial score (nSPS) is 16.8. The molecule has 1 aliphatic rings.